The first-order chi connectivity index (χ1) is 16.9. The van der Waals surface area contributed by atoms with Crippen LogP contribution in [-0.2, 0) is 23.8 Å². The number of ether oxygens (including phenoxy) is 1. The van der Waals surface area contributed by atoms with Gasteiger partial charge in [0.25, 0.3) is 0 Å². The summed E-state index contributed by atoms with van der Waals surface area (Å²) in [6, 6.07) is 6.01. The summed E-state index contributed by atoms with van der Waals surface area (Å²) in [4.78, 5) is 0. The zero-order valence-electron chi connectivity index (χ0n) is 18.3. The minimum absolute atomic E-state index is 0.0620. The van der Waals surface area contributed by atoms with Gasteiger partial charge in [0, 0.05) is 11.1 Å². The van der Waals surface area contributed by atoms with Crippen LogP contribution in [0.4, 0.5) is 39.5 Å². The molecule has 36 heavy (non-hydrogen) atoms. The maximum absolute atomic E-state index is 14.6. The molecule has 190 valence electrons. The van der Waals surface area contributed by atoms with Crippen molar-refractivity contribution in [3.63, 3.8) is 0 Å². The van der Waals surface area contributed by atoms with Crippen molar-refractivity contribution in [3.05, 3.63) is 113 Å². The molecular weight excluding hydrogens is 499 g/mol. The summed E-state index contributed by atoms with van der Waals surface area (Å²) in [7, 11) is 0. The zero-order chi connectivity index (χ0) is 26.6. The fraction of sp³-hybridized carbons (Fsp3) is 0.154. The van der Waals surface area contributed by atoms with E-state index < -0.39 is 52.4 Å². The van der Waals surface area contributed by atoms with Crippen molar-refractivity contribution in [2.75, 3.05) is 6.61 Å². The molecule has 0 atom stereocenters. The average molecular weight is 516 g/mol. The molecule has 0 radical (unpaired) electrons. The van der Waals surface area contributed by atoms with Gasteiger partial charge in [-0.05, 0) is 53.8 Å². The standard InChI is InChI=1S/C26H17F9O/c1-2-9-36-25(32)24(31)17-7-8-18(20(28)13-17)16-6-5-15(19(27)12-16)4-3-14-10-21(29)23(22(30)11-14)26(33,34)35/h2,5-8,10-13H,1,3-4,9H2. The number of rotatable bonds is 8. The predicted molar refractivity (Wildman–Crippen MR) is 116 cm³/mol. The van der Waals surface area contributed by atoms with Crippen molar-refractivity contribution < 1.29 is 44.3 Å². The summed E-state index contributed by atoms with van der Waals surface area (Å²) >= 11 is 0. The van der Waals surface area contributed by atoms with E-state index in [2.05, 4.69) is 11.3 Å². The van der Waals surface area contributed by atoms with E-state index in [0.29, 0.717) is 18.2 Å². The molecule has 0 saturated heterocycles. The van der Waals surface area contributed by atoms with Crippen molar-refractivity contribution >= 4 is 5.83 Å². The van der Waals surface area contributed by atoms with Gasteiger partial charge < -0.3 is 4.74 Å². The maximum Gasteiger partial charge on any atom is 0.422 e. The first-order valence-electron chi connectivity index (χ1n) is 10.3. The molecule has 3 rings (SSSR count). The lowest BCUT2D eigenvalue weighted by Crippen LogP contribution is -2.12. The molecule has 0 fully saturated rings. The SMILES string of the molecule is C=CCOC(F)=C(F)c1ccc(-c2ccc(CCc3cc(F)c(C(F)(F)F)c(F)c3)c(F)c2)c(F)c1. The van der Waals surface area contributed by atoms with Crippen LogP contribution in [0.5, 0.6) is 0 Å². The Kier molecular flexibility index (Phi) is 8.17. The van der Waals surface area contributed by atoms with E-state index in [0.717, 1.165) is 18.2 Å². The second-order valence-electron chi connectivity index (χ2n) is 7.62. The molecule has 0 aliphatic heterocycles. The normalized spacial score (nSPS) is 12.4. The van der Waals surface area contributed by atoms with Crippen LogP contribution in [0.1, 0.15) is 22.3 Å². The summed E-state index contributed by atoms with van der Waals surface area (Å²) in [6.45, 7) is 2.99. The van der Waals surface area contributed by atoms with Gasteiger partial charge in [0.15, 0.2) is 0 Å². The fourth-order valence-corrected chi connectivity index (χ4v) is 3.43. The van der Waals surface area contributed by atoms with E-state index in [9.17, 15) is 39.5 Å². The molecule has 0 heterocycles. The van der Waals surface area contributed by atoms with Crippen LogP contribution in [0.2, 0.25) is 0 Å². The molecule has 1 nitrogen and oxygen atoms in total. The van der Waals surface area contributed by atoms with Crippen LogP contribution in [0.15, 0.2) is 67.2 Å². The predicted octanol–water partition coefficient (Wildman–Crippen LogP) is 8.48. The number of hydrogen-bond acceptors (Lipinski definition) is 1. The van der Waals surface area contributed by atoms with Gasteiger partial charge >= 0.3 is 12.2 Å². The lowest BCUT2D eigenvalue weighted by molar-refractivity contribution is -0.142. The van der Waals surface area contributed by atoms with Crippen LogP contribution in [0, 0.1) is 23.3 Å². The minimum Gasteiger partial charge on any atom is -0.464 e. The molecule has 0 aliphatic carbocycles. The molecule has 0 bridgehead atoms. The van der Waals surface area contributed by atoms with Crippen molar-refractivity contribution in [2.45, 2.75) is 19.0 Å². The van der Waals surface area contributed by atoms with Crippen molar-refractivity contribution in [1.82, 2.24) is 0 Å². The topological polar surface area (TPSA) is 9.23 Å². The summed E-state index contributed by atoms with van der Waals surface area (Å²) in [6.07, 6.45) is -4.29. The highest BCUT2D eigenvalue weighted by Crippen LogP contribution is 2.34. The van der Waals surface area contributed by atoms with Gasteiger partial charge in [-0.25, -0.2) is 17.6 Å². The third-order valence-corrected chi connectivity index (χ3v) is 5.16. The molecular formula is C26H17F9O. The van der Waals surface area contributed by atoms with E-state index >= 15 is 0 Å². The van der Waals surface area contributed by atoms with E-state index in [1.165, 1.54) is 18.2 Å². The first-order valence-corrected chi connectivity index (χ1v) is 10.3. The molecule has 0 amide bonds. The van der Waals surface area contributed by atoms with Gasteiger partial charge in [-0.15, -0.1) is 0 Å². The number of benzene rings is 3. The number of aryl methyl sites for hydroxylation is 2. The van der Waals surface area contributed by atoms with Crippen LogP contribution < -0.4 is 0 Å². The lowest BCUT2D eigenvalue weighted by Gasteiger charge is -2.12. The third kappa shape index (κ3) is 6.10. The largest absolute Gasteiger partial charge is 0.464 e. The van der Waals surface area contributed by atoms with Crippen LogP contribution in [-0.4, -0.2) is 6.61 Å². The van der Waals surface area contributed by atoms with Gasteiger partial charge in [0.1, 0.15) is 35.4 Å². The van der Waals surface area contributed by atoms with Crippen LogP contribution in [0.25, 0.3) is 17.0 Å². The number of hydrogen-bond donors (Lipinski definition) is 0. The molecule has 0 aliphatic rings. The average Bonchev–Trinajstić information content (AvgIpc) is 2.79. The summed E-state index contributed by atoms with van der Waals surface area (Å²) in [5, 5.41) is 0. The fourth-order valence-electron chi connectivity index (χ4n) is 3.43. The summed E-state index contributed by atoms with van der Waals surface area (Å²) in [5.41, 5.74) is -2.53. The Balaban J connectivity index is 1.78. The molecule has 3 aromatic carbocycles. The summed E-state index contributed by atoms with van der Waals surface area (Å²) in [5.74, 6) is -6.75. The Hall–Kier alpha value is -3.69. The van der Waals surface area contributed by atoms with Crippen LogP contribution in [0.3, 0.4) is 0 Å². The molecule has 3 aromatic rings. The van der Waals surface area contributed by atoms with Crippen molar-refractivity contribution in [1.29, 1.82) is 0 Å². The number of halogens is 9. The van der Waals surface area contributed by atoms with E-state index in [-0.39, 0.29) is 41.7 Å². The molecule has 10 heteroatoms. The smallest absolute Gasteiger partial charge is 0.422 e. The molecule has 0 spiro atoms. The lowest BCUT2D eigenvalue weighted by atomic mass is 9.98. The summed E-state index contributed by atoms with van der Waals surface area (Å²) < 4.78 is 127. The van der Waals surface area contributed by atoms with Crippen LogP contribution >= 0.6 is 0 Å². The monoisotopic (exact) mass is 516 g/mol. The Labute approximate surface area is 200 Å². The Bertz CT molecular complexity index is 1290. The molecule has 0 N–H and O–H groups in total. The molecule has 0 unspecified atom stereocenters. The van der Waals surface area contributed by atoms with Gasteiger partial charge in [-0.2, -0.15) is 22.0 Å². The molecule has 0 aromatic heterocycles. The second kappa shape index (κ2) is 10.9. The van der Waals surface area contributed by atoms with Crippen molar-refractivity contribution in [2.24, 2.45) is 0 Å². The highest BCUT2D eigenvalue weighted by molar-refractivity contribution is 5.69. The number of alkyl halides is 3. The Morgan fingerprint density at radius 2 is 1.47 bits per heavy atom. The Morgan fingerprint density at radius 1 is 0.806 bits per heavy atom. The first kappa shape index (κ1) is 26.9. The Morgan fingerprint density at radius 3 is 2.03 bits per heavy atom. The quantitative estimate of drug-likeness (QED) is 0.166. The van der Waals surface area contributed by atoms with Gasteiger partial charge in [0.2, 0.25) is 5.83 Å². The van der Waals surface area contributed by atoms with Gasteiger partial charge in [-0.3, -0.25) is 0 Å². The van der Waals surface area contributed by atoms with E-state index in [4.69, 9.17) is 0 Å². The van der Waals surface area contributed by atoms with E-state index in [1.807, 2.05) is 0 Å². The van der Waals surface area contributed by atoms with E-state index in [1.54, 1.807) is 0 Å². The molecule has 0 saturated carbocycles. The zero-order valence-corrected chi connectivity index (χ0v) is 18.3. The highest BCUT2D eigenvalue weighted by Gasteiger charge is 2.37. The highest BCUT2D eigenvalue weighted by atomic mass is 19.4. The van der Waals surface area contributed by atoms with Gasteiger partial charge in [-0.1, -0.05) is 36.9 Å². The third-order valence-electron chi connectivity index (χ3n) is 5.16. The van der Waals surface area contributed by atoms with Crippen molar-refractivity contribution in [3.8, 4) is 11.1 Å². The minimum atomic E-state index is -5.20. The second-order valence-corrected chi connectivity index (χ2v) is 7.62. The maximum atomic E-state index is 14.6. The van der Waals surface area contributed by atoms with Gasteiger partial charge in [0.05, 0.1) is 0 Å².